The summed E-state index contributed by atoms with van der Waals surface area (Å²) in [5.74, 6) is 1.24. The number of amides is 1. The molecular formula is C20H23N3O2S. The zero-order chi connectivity index (χ0) is 17.9. The number of furan rings is 1. The molecule has 0 saturated carbocycles. The first-order valence-corrected chi connectivity index (χ1v) is 9.91. The summed E-state index contributed by atoms with van der Waals surface area (Å²) in [6.07, 6.45) is 3.87. The van der Waals surface area contributed by atoms with E-state index in [9.17, 15) is 4.79 Å². The van der Waals surface area contributed by atoms with Crippen LogP contribution in [0.2, 0.25) is 0 Å². The minimum atomic E-state index is -0.109. The van der Waals surface area contributed by atoms with Crippen LogP contribution in [-0.2, 0) is 4.79 Å². The van der Waals surface area contributed by atoms with Crippen molar-refractivity contribution in [3.8, 4) is 0 Å². The van der Waals surface area contributed by atoms with Gasteiger partial charge in [-0.3, -0.25) is 9.69 Å². The molecule has 4 rings (SSSR count). The Labute approximate surface area is 157 Å². The highest BCUT2D eigenvalue weighted by molar-refractivity contribution is 7.18. The van der Waals surface area contributed by atoms with E-state index in [0.29, 0.717) is 12.5 Å². The van der Waals surface area contributed by atoms with Gasteiger partial charge in [-0.1, -0.05) is 12.1 Å². The second kappa shape index (κ2) is 7.60. The molecule has 0 aliphatic carbocycles. The van der Waals surface area contributed by atoms with Gasteiger partial charge in [0, 0.05) is 12.5 Å². The Morgan fingerprint density at radius 2 is 2.27 bits per heavy atom. The van der Waals surface area contributed by atoms with Crippen LogP contribution < -0.4 is 5.32 Å². The van der Waals surface area contributed by atoms with Crippen molar-refractivity contribution in [1.29, 1.82) is 0 Å². The van der Waals surface area contributed by atoms with Crippen molar-refractivity contribution in [2.24, 2.45) is 0 Å². The second-order valence-electron chi connectivity index (χ2n) is 6.90. The number of hydrogen-bond acceptors (Lipinski definition) is 5. The minimum absolute atomic E-state index is 0.0406. The first-order chi connectivity index (χ1) is 12.7. The fraction of sp³-hybridized carbons (Fsp3) is 0.400. The molecule has 1 aliphatic rings. The Hall–Kier alpha value is -2.18. The number of likely N-dealkylation sites (tertiary alicyclic amines) is 1. The van der Waals surface area contributed by atoms with E-state index < -0.39 is 0 Å². The summed E-state index contributed by atoms with van der Waals surface area (Å²) < 4.78 is 6.60. The minimum Gasteiger partial charge on any atom is -0.467 e. The topological polar surface area (TPSA) is 58.4 Å². The summed E-state index contributed by atoms with van der Waals surface area (Å²) in [4.78, 5) is 19.4. The molecule has 0 unspecified atom stereocenters. The lowest BCUT2D eigenvalue weighted by molar-refractivity contribution is -0.123. The highest BCUT2D eigenvalue weighted by Gasteiger charge is 2.25. The van der Waals surface area contributed by atoms with Crippen LogP contribution in [-0.4, -0.2) is 35.4 Å². The van der Waals surface area contributed by atoms with E-state index in [1.165, 1.54) is 9.71 Å². The van der Waals surface area contributed by atoms with Crippen molar-refractivity contribution in [2.45, 2.75) is 31.7 Å². The van der Waals surface area contributed by atoms with Gasteiger partial charge in [-0.25, -0.2) is 4.98 Å². The summed E-state index contributed by atoms with van der Waals surface area (Å²) >= 11 is 1.78. The summed E-state index contributed by atoms with van der Waals surface area (Å²) in [7, 11) is 0. The maximum atomic E-state index is 12.4. The number of carbonyl (C=O) groups is 1. The summed E-state index contributed by atoms with van der Waals surface area (Å²) in [6, 6.07) is 11.9. The lowest BCUT2D eigenvalue weighted by Gasteiger charge is -2.31. The van der Waals surface area contributed by atoms with Gasteiger partial charge in [-0.2, -0.15) is 0 Å². The molecule has 1 amide bonds. The Morgan fingerprint density at radius 1 is 1.38 bits per heavy atom. The average Bonchev–Trinajstić information content (AvgIpc) is 3.31. The molecule has 2 atom stereocenters. The van der Waals surface area contributed by atoms with Crippen molar-refractivity contribution >= 4 is 27.5 Å². The quantitative estimate of drug-likeness (QED) is 0.740. The highest BCUT2D eigenvalue weighted by Crippen LogP contribution is 2.32. The van der Waals surface area contributed by atoms with Crippen molar-refractivity contribution in [1.82, 2.24) is 15.2 Å². The number of carbonyl (C=O) groups excluding carboxylic acids is 1. The fourth-order valence-electron chi connectivity index (χ4n) is 3.56. The third-order valence-electron chi connectivity index (χ3n) is 4.88. The predicted octanol–water partition coefficient (Wildman–Crippen LogP) is 3.95. The van der Waals surface area contributed by atoms with E-state index in [4.69, 9.17) is 9.40 Å². The predicted molar refractivity (Wildman–Crippen MR) is 103 cm³/mol. The van der Waals surface area contributed by atoms with E-state index in [2.05, 4.69) is 28.4 Å². The van der Waals surface area contributed by atoms with Crippen LogP contribution in [0.1, 0.15) is 42.5 Å². The average molecular weight is 369 g/mol. The molecule has 0 radical (unpaired) electrons. The van der Waals surface area contributed by atoms with E-state index >= 15 is 0 Å². The molecule has 26 heavy (non-hydrogen) atoms. The van der Waals surface area contributed by atoms with Crippen LogP contribution in [0.3, 0.4) is 0 Å². The molecule has 1 N–H and O–H groups in total. The monoisotopic (exact) mass is 369 g/mol. The Bertz CT molecular complexity index is 841. The largest absolute Gasteiger partial charge is 0.467 e. The smallest absolute Gasteiger partial charge is 0.234 e. The molecule has 1 saturated heterocycles. The van der Waals surface area contributed by atoms with Gasteiger partial charge in [-0.15, -0.1) is 11.3 Å². The van der Waals surface area contributed by atoms with Crippen LogP contribution in [0.5, 0.6) is 0 Å². The van der Waals surface area contributed by atoms with E-state index in [1.54, 1.807) is 17.6 Å². The van der Waals surface area contributed by atoms with Gasteiger partial charge < -0.3 is 9.73 Å². The molecule has 136 valence electrons. The molecule has 6 heteroatoms. The number of hydrogen-bond donors (Lipinski definition) is 1. The lowest BCUT2D eigenvalue weighted by Crippen LogP contribution is -2.42. The van der Waals surface area contributed by atoms with Crippen LogP contribution in [0.15, 0.2) is 47.1 Å². The number of nitrogens with zero attached hydrogens (tertiary/aromatic N) is 2. The third kappa shape index (κ3) is 3.81. The van der Waals surface area contributed by atoms with Crippen molar-refractivity contribution < 1.29 is 9.21 Å². The van der Waals surface area contributed by atoms with Gasteiger partial charge in [0.05, 0.1) is 34.1 Å². The third-order valence-corrected chi connectivity index (χ3v) is 6.08. The molecule has 0 bridgehead atoms. The van der Waals surface area contributed by atoms with Crippen molar-refractivity contribution in [3.05, 3.63) is 53.4 Å². The summed E-state index contributed by atoms with van der Waals surface area (Å²) in [5.41, 5.74) is 1.08. The lowest BCUT2D eigenvalue weighted by atomic mass is 9.99. The second-order valence-corrected chi connectivity index (χ2v) is 7.96. The molecule has 1 fully saturated rings. The molecule has 0 spiro atoms. The zero-order valence-electron chi connectivity index (χ0n) is 14.9. The number of rotatable bonds is 5. The SMILES string of the molecule is C[C@H](NC(=O)CN1CCC[C@H](c2nc3ccccc3s2)C1)c1ccco1. The van der Waals surface area contributed by atoms with E-state index in [1.807, 2.05) is 25.1 Å². The Balaban J connectivity index is 1.36. The maximum absolute atomic E-state index is 12.4. The van der Waals surface area contributed by atoms with Crippen LogP contribution in [0.4, 0.5) is 0 Å². The first-order valence-electron chi connectivity index (χ1n) is 9.09. The maximum Gasteiger partial charge on any atom is 0.234 e. The molecule has 1 aliphatic heterocycles. The van der Waals surface area contributed by atoms with Gasteiger partial charge >= 0.3 is 0 Å². The molecule has 5 nitrogen and oxygen atoms in total. The fourth-order valence-corrected chi connectivity index (χ4v) is 4.66. The van der Waals surface area contributed by atoms with Gasteiger partial charge in [0.15, 0.2) is 0 Å². The summed E-state index contributed by atoms with van der Waals surface area (Å²) in [6.45, 7) is 4.22. The van der Waals surface area contributed by atoms with Crippen molar-refractivity contribution in [2.75, 3.05) is 19.6 Å². The van der Waals surface area contributed by atoms with Gasteiger partial charge in [-0.05, 0) is 50.6 Å². The number of para-hydroxylation sites is 1. The number of thiazole rings is 1. The highest BCUT2D eigenvalue weighted by atomic mass is 32.1. The molecule has 3 heterocycles. The van der Waals surface area contributed by atoms with E-state index in [-0.39, 0.29) is 11.9 Å². The number of benzene rings is 1. The van der Waals surface area contributed by atoms with E-state index in [0.717, 1.165) is 37.2 Å². The molecule has 1 aromatic carbocycles. The molecular weight excluding hydrogens is 346 g/mol. The molecule has 2 aromatic heterocycles. The van der Waals surface area contributed by atoms with Gasteiger partial charge in [0.2, 0.25) is 5.91 Å². The normalized spacial score (nSPS) is 19.5. The Kier molecular flexibility index (Phi) is 5.04. The van der Waals surface area contributed by atoms with Gasteiger partial charge in [0.25, 0.3) is 0 Å². The number of nitrogens with one attached hydrogen (secondary N) is 1. The van der Waals surface area contributed by atoms with Crippen LogP contribution in [0.25, 0.3) is 10.2 Å². The summed E-state index contributed by atoms with van der Waals surface area (Å²) in [5, 5.41) is 4.21. The standard InChI is InChI=1S/C20H23N3O2S/c1-14(17-8-5-11-25-17)21-19(24)13-23-10-4-6-15(12-23)20-22-16-7-2-3-9-18(16)26-20/h2-3,5,7-9,11,14-15H,4,6,10,12-13H2,1H3,(H,21,24)/t14-,15-/m0/s1. The first kappa shape index (κ1) is 17.2. The number of piperidine rings is 1. The molecule has 3 aromatic rings. The van der Waals surface area contributed by atoms with Crippen LogP contribution >= 0.6 is 11.3 Å². The van der Waals surface area contributed by atoms with Crippen molar-refractivity contribution in [3.63, 3.8) is 0 Å². The van der Waals surface area contributed by atoms with Crippen LogP contribution in [0, 0.1) is 0 Å². The zero-order valence-corrected chi connectivity index (χ0v) is 15.7. The number of fused-ring (bicyclic) bond motifs is 1. The van der Waals surface area contributed by atoms with Gasteiger partial charge in [0.1, 0.15) is 5.76 Å². The Morgan fingerprint density at radius 3 is 3.08 bits per heavy atom. The number of aromatic nitrogens is 1.